The molecular weight excluding hydrogens is 333 g/mol. The molecule has 0 radical (unpaired) electrons. The standard InChI is InChI=1S/C16H24FN3O3S/c1-2-9-19(16(21)14-5-3-4-6-15(14)17)12-13-24(22,23)20-10-7-18-8-11-20/h3-6,18H,2,7-13H2,1H3. The van der Waals surface area contributed by atoms with Crippen molar-refractivity contribution >= 4 is 15.9 Å². The van der Waals surface area contributed by atoms with E-state index in [1.54, 1.807) is 6.07 Å². The monoisotopic (exact) mass is 357 g/mol. The smallest absolute Gasteiger partial charge is 0.256 e. The molecule has 1 aromatic carbocycles. The first-order chi connectivity index (χ1) is 11.5. The van der Waals surface area contributed by atoms with Crippen molar-refractivity contribution in [2.45, 2.75) is 13.3 Å². The summed E-state index contributed by atoms with van der Waals surface area (Å²) in [6.45, 7) is 4.50. The molecular formula is C16H24FN3O3S. The molecule has 0 saturated carbocycles. The molecule has 1 fully saturated rings. The number of carbonyl (C=O) groups excluding carboxylic acids is 1. The van der Waals surface area contributed by atoms with Gasteiger partial charge in [-0.2, -0.15) is 4.31 Å². The van der Waals surface area contributed by atoms with E-state index in [0.29, 0.717) is 39.1 Å². The van der Waals surface area contributed by atoms with E-state index >= 15 is 0 Å². The van der Waals surface area contributed by atoms with Gasteiger partial charge in [-0.15, -0.1) is 0 Å². The van der Waals surface area contributed by atoms with Crippen LogP contribution in [0.2, 0.25) is 0 Å². The van der Waals surface area contributed by atoms with Gasteiger partial charge in [0.25, 0.3) is 5.91 Å². The molecule has 1 aliphatic heterocycles. The highest BCUT2D eigenvalue weighted by Gasteiger charge is 2.26. The quantitative estimate of drug-likeness (QED) is 0.788. The number of nitrogens with zero attached hydrogens (tertiary/aromatic N) is 2. The zero-order valence-electron chi connectivity index (χ0n) is 13.9. The maximum atomic E-state index is 13.8. The molecule has 1 amide bonds. The van der Waals surface area contributed by atoms with Crippen LogP contribution in [0, 0.1) is 5.82 Å². The highest BCUT2D eigenvalue weighted by molar-refractivity contribution is 7.89. The molecule has 1 aromatic rings. The number of carbonyl (C=O) groups is 1. The van der Waals surface area contributed by atoms with E-state index in [9.17, 15) is 17.6 Å². The summed E-state index contributed by atoms with van der Waals surface area (Å²) in [6.07, 6.45) is 0.674. The van der Waals surface area contributed by atoms with Crippen molar-refractivity contribution in [3.05, 3.63) is 35.6 Å². The van der Waals surface area contributed by atoms with Gasteiger partial charge in [-0.1, -0.05) is 19.1 Å². The van der Waals surface area contributed by atoms with E-state index < -0.39 is 21.7 Å². The van der Waals surface area contributed by atoms with Crippen LogP contribution in [0.25, 0.3) is 0 Å². The van der Waals surface area contributed by atoms with E-state index in [4.69, 9.17) is 0 Å². The molecule has 0 aromatic heterocycles. The molecule has 8 heteroatoms. The predicted octanol–water partition coefficient (Wildman–Crippen LogP) is 0.913. The summed E-state index contributed by atoms with van der Waals surface area (Å²) in [5, 5.41) is 3.11. The lowest BCUT2D eigenvalue weighted by Gasteiger charge is -2.28. The summed E-state index contributed by atoms with van der Waals surface area (Å²) in [7, 11) is -3.42. The minimum Gasteiger partial charge on any atom is -0.337 e. The Morgan fingerprint density at radius 1 is 1.25 bits per heavy atom. The average molecular weight is 357 g/mol. The maximum Gasteiger partial charge on any atom is 0.256 e. The summed E-state index contributed by atoms with van der Waals surface area (Å²) in [5.74, 6) is -1.20. The maximum absolute atomic E-state index is 13.8. The Morgan fingerprint density at radius 2 is 1.92 bits per heavy atom. The number of piperazine rings is 1. The topological polar surface area (TPSA) is 69.7 Å². The lowest BCUT2D eigenvalue weighted by molar-refractivity contribution is 0.0760. The van der Waals surface area contributed by atoms with Gasteiger partial charge in [0.1, 0.15) is 5.82 Å². The first kappa shape index (κ1) is 18.8. The number of sulfonamides is 1. The van der Waals surface area contributed by atoms with E-state index in [1.165, 1.54) is 27.4 Å². The van der Waals surface area contributed by atoms with Crippen LogP contribution in [-0.2, 0) is 10.0 Å². The van der Waals surface area contributed by atoms with Gasteiger partial charge in [-0.25, -0.2) is 12.8 Å². The average Bonchev–Trinajstić information content (AvgIpc) is 2.59. The third-order valence-corrected chi connectivity index (χ3v) is 5.82. The summed E-state index contributed by atoms with van der Waals surface area (Å²) in [4.78, 5) is 13.9. The lowest BCUT2D eigenvalue weighted by Crippen LogP contribution is -2.48. The molecule has 6 nitrogen and oxygen atoms in total. The van der Waals surface area contributed by atoms with E-state index in [2.05, 4.69) is 5.32 Å². The fourth-order valence-electron chi connectivity index (χ4n) is 2.67. The largest absolute Gasteiger partial charge is 0.337 e. The zero-order valence-corrected chi connectivity index (χ0v) is 14.7. The van der Waals surface area contributed by atoms with Crippen LogP contribution in [0.15, 0.2) is 24.3 Å². The number of halogens is 1. The van der Waals surface area contributed by atoms with Gasteiger partial charge in [-0.05, 0) is 18.6 Å². The molecule has 0 spiro atoms. The van der Waals surface area contributed by atoms with Gasteiger partial charge in [0.05, 0.1) is 11.3 Å². The fraction of sp³-hybridized carbons (Fsp3) is 0.562. The summed E-state index contributed by atoms with van der Waals surface area (Å²) in [6, 6.07) is 5.77. The van der Waals surface area contributed by atoms with Gasteiger partial charge >= 0.3 is 0 Å². The Labute approximate surface area is 142 Å². The predicted molar refractivity (Wildman–Crippen MR) is 90.8 cm³/mol. The van der Waals surface area contributed by atoms with Crippen LogP contribution in [0.3, 0.4) is 0 Å². The van der Waals surface area contributed by atoms with Crippen molar-refractivity contribution in [2.24, 2.45) is 0 Å². The second kappa shape index (κ2) is 8.55. The second-order valence-electron chi connectivity index (χ2n) is 5.74. The van der Waals surface area contributed by atoms with Crippen LogP contribution in [0.1, 0.15) is 23.7 Å². The van der Waals surface area contributed by atoms with E-state index in [-0.39, 0.29) is 17.9 Å². The summed E-state index contributed by atoms with van der Waals surface area (Å²) in [5.41, 5.74) is -0.0227. The summed E-state index contributed by atoms with van der Waals surface area (Å²) < 4.78 is 40.1. The normalized spacial score (nSPS) is 16.1. The third-order valence-electron chi connectivity index (χ3n) is 3.97. The molecule has 1 heterocycles. The highest BCUT2D eigenvalue weighted by atomic mass is 32.2. The van der Waals surface area contributed by atoms with Crippen molar-refractivity contribution in [3.63, 3.8) is 0 Å². The first-order valence-electron chi connectivity index (χ1n) is 8.18. The number of hydrogen-bond acceptors (Lipinski definition) is 4. The fourth-order valence-corrected chi connectivity index (χ4v) is 4.12. The number of amides is 1. The Kier molecular flexibility index (Phi) is 6.70. The van der Waals surface area contributed by atoms with Gasteiger partial charge in [0.15, 0.2) is 0 Å². The molecule has 24 heavy (non-hydrogen) atoms. The number of benzene rings is 1. The van der Waals surface area contributed by atoms with E-state index in [1.807, 2.05) is 6.92 Å². The van der Waals surface area contributed by atoms with Crippen molar-refractivity contribution in [2.75, 3.05) is 45.0 Å². The van der Waals surface area contributed by atoms with Crippen LogP contribution in [-0.4, -0.2) is 68.6 Å². The van der Waals surface area contributed by atoms with Gasteiger partial charge in [0.2, 0.25) is 10.0 Å². The lowest BCUT2D eigenvalue weighted by atomic mass is 10.2. The molecule has 2 rings (SSSR count). The van der Waals surface area contributed by atoms with Crippen molar-refractivity contribution in [1.82, 2.24) is 14.5 Å². The number of nitrogens with one attached hydrogen (secondary N) is 1. The van der Waals surface area contributed by atoms with Crippen LogP contribution < -0.4 is 5.32 Å². The van der Waals surface area contributed by atoms with Crippen LogP contribution >= 0.6 is 0 Å². The molecule has 0 unspecified atom stereocenters. The highest BCUT2D eigenvalue weighted by Crippen LogP contribution is 2.12. The second-order valence-corrected chi connectivity index (χ2v) is 7.83. The molecule has 1 saturated heterocycles. The number of rotatable bonds is 7. The Bertz CT molecular complexity index is 660. The van der Waals surface area contributed by atoms with Crippen LogP contribution in [0.4, 0.5) is 4.39 Å². The minimum atomic E-state index is -3.42. The first-order valence-corrected chi connectivity index (χ1v) is 9.79. The molecule has 134 valence electrons. The van der Waals surface area contributed by atoms with Gasteiger partial charge in [-0.3, -0.25) is 4.79 Å². The van der Waals surface area contributed by atoms with Gasteiger partial charge in [0, 0.05) is 39.3 Å². The Morgan fingerprint density at radius 3 is 2.54 bits per heavy atom. The molecule has 0 bridgehead atoms. The summed E-state index contributed by atoms with van der Waals surface area (Å²) >= 11 is 0. The molecule has 0 aliphatic carbocycles. The van der Waals surface area contributed by atoms with Crippen molar-refractivity contribution in [3.8, 4) is 0 Å². The Hall–Kier alpha value is -1.51. The minimum absolute atomic E-state index is 0.0227. The van der Waals surface area contributed by atoms with E-state index in [0.717, 1.165) is 0 Å². The van der Waals surface area contributed by atoms with Crippen molar-refractivity contribution < 1.29 is 17.6 Å². The molecule has 1 aliphatic rings. The van der Waals surface area contributed by atoms with Crippen molar-refractivity contribution in [1.29, 1.82) is 0 Å². The Balaban J connectivity index is 2.05. The molecule has 1 N–H and O–H groups in total. The molecule has 0 atom stereocenters. The van der Waals surface area contributed by atoms with Crippen LogP contribution in [0.5, 0.6) is 0 Å². The number of hydrogen-bond donors (Lipinski definition) is 1. The SMILES string of the molecule is CCCN(CCS(=O)(=O)N1CCNCC1)C(=O)c1ccccc1F. The third kappa shape index (κ3) is 4.75. The zero-order chi connectivity index (χ0) is 17.6. The van der Waals surface area contributed by atoms with Gasteiger partial charge < -0.3 is 10.2 Å².